The van der Waals surface area contributed by atoms with Crippen molar-refractivity contribution >= 4 is 17.5 Å². The summed E-state index contributed by atoms with van der Waals surface area (Å²) in [6.45, 7) is 1.81. The van der Waals surface area contributed by atoms with Gasteiger partial charge >= 0.3 is 0 Å². The fourth-order valence-corrected chi connectivity index (χ4v) is 4.14. The number of aliphatic hydroxyl groups is 3. The molecule has 4 N–H and O–H groups in total. The number of amides is 1. The van der Waals surface area contributed by atoms with Gasteiger partial charge in [-0.05, 0) is 38.0 Å². The first-order valence-corrected chi connectivity index (χ1v) is 10.8. The molecule has 1 fully saturated rings. The standard InChI is InChI=1S/C22H30ClN3O4/c1-15-10-20(26(25-15)12-17(28)13-27)16-6-7-19(23)18(11-16)21(29)24-14-22(30)8-4-2-3-5-9-22/h6-7,10-11,17,27-28,30H,2-5,8-9,12-14H2,1H3,(H,24,29). The Morgan fingerprint density at radius 2 is 1.97 bits per heavy atom. The molecule has 1 aliphatic rings. The summed E-state index contributed by atoms with van der Waals surface area (Å²) in [5.74, 6) is -0.335. The van der Waals surface area contributed by atoms with Crippen LogP contribution >= 0.6 is 11.6 Å². The van der Waals surface area contributed by atoms with Gasteiger partial charge in [0.1, 0.15) is 0 Å². The lowest BCUT2D eigenvalue weighted by Crippen LogP contribution is -2.42. The number of aliphatic hydroxyl groups excluding tert-OH is 2. The largest absolute Gasteiger partial charge is 0.394 e. The van der Waals surface area contributed by atoms with Crippen LogP contribution in [0.25, 0.3) is 11.3 Å². The molecule has 3 rings (SSSR count). The summed E-state index contributed by atoms with van der Waals surface area (Å²) in [5, 5.41) is 37.3. The zero-order chi connectivity index (χ0) is 21.7. The minimum Gasteiger partial charge on any atom is -0.394 e. The Balaban J connectivity index is 1.79. The lowest BCUT2D eigenvalue weighted by atomic mass is 9.94. The fourth-order valence-electron chi connectivity index (χ4n) is 3.94. The van der Waals surface area contributed by atoms with Crippen molar-refractivity contribution in [2.24, 2.45) is 0 Å². The molecule has 1 saturated carbocycles. The number of nitrogens with one attached hydrogen (secondary N) is 1. The van der Waals surface area contributed by atoms with E-state index in [1.807, 2.05) is 13.0 Å². The van der Waals surface area contributed by atoms with Gasteiger partial charge in [-0.3, -0.25) is 9.48 Å². The van der Waals surface area contributed by atoms with Crippen molar-refractivity contribution in [2.75, 3.05) is 13.2 Å². The maximum Gasteiger partial charge on any atom is 0.252 e. The van der Waals surface area contributed by atoms with Crippen LogP contribution in [0, 0.1) is 6.92 Å². The first kappa shape index (κ1) is 22.7. The maximum atomic E-state index is 12.8. The molecule has 1 unspecified atom stereocenters. The minimum absolute atomic E-state index is 0.136. The van der Waals surface area contributed by atoms with Gasteiger partial charge in [-0.2, -0.15) is 5.10 Å². The normalized spacial score (nSPS) is 17.4. The van der Waals surface area contributed by atoms with Crippen LogP contribution in [-0.4, -0.2) is 55.9 Å². The third-order valence-corrected chi connectivity index (χ3v) is 5.95. The molecule has 8 heteroatoms. The Bertz CT molecular complexity index is 875. The number of hydrogen-bond acceptors (Lipinski definition) is 5. The highest BCUT2D eigenvalue weighted by Gasteiger charge is 2.29. The number of halogens is 1. The van der Waals surface area contributed by atoms with Crippen LogP contribution in [0.5, 0.6) is 0 Å². The van der Waals surface area contributed by atoms with Crippen molar-refractivity contribution in [3.8, 4) is 11.3 Å². The Morgan fingerprint density at radius 1 is 1.27 bits per heavy atom. The number of aryl methyl sites for hydroxylation is 1. The zero-order valence-corrected chi connectivity index (χ0v) is 18.0. The number of aromatic nitrogens is 2. The molecule has 1 amide bonds. The number of hydrogen-bond donors (Lipinski definition) is 4. The van der Waals surface area contributed by atoms with Crippen molar-refractivity contribution in [1.82, 2.24) is 15.1 Å². The molecule has 0 radical (unpaired) electrons. The molecule has 0 bridgehead atoms. The van der Waals surface area contributed by atoms with Crippen molar-refractivity contribution in [3.63, 3.8) is 0 Å². The maximum absolute atomic E-state index is 12.8. The molecule has 1 aliphatic carbocycles. The molecule has 2 aromatic rings. The van der Waals surface area contributed by atoms with E-state index in [1.165, 1.54) is 0 Å². The molecule has 164 valence electrons. The summed E-state index contributed by atoms with van der Waals surface area (Å²) in [5.41, 5.74) is 1.65. The third-order valence-electron chi connectivity index (χ3n) is 5.62. The van der Waals surface area contributed by atoms with Crippen LogP contribution in [0.4, 0.5) is 0 Å². The first-order chi connectivity index (χ1) is 14.3. The van der Waals surface area contributed by atoms with E-state index in [1.54, 1.807) is 22.9 Å². The Kier molecular flexibility index (Phi) is 7.52. The smallest absolute Gasteiger partial charge is 0.252 e. The Morgan fingerprint density at radius 3 is 2.63 bits per heavy atom. The van der Waals surface area contributed by atoms with Crippen LogP contribution < -0.4 is 5.32 Å². The topological polar surface area (TPSA) is 108 Å². The molecule has 30 heavy (non-hydrogen) atoms. The van der Waals surface area contributed by atoms with Crippen LogP contribution in [0.15, 0.2) is 24.3 Å². The summed E-state index contributed by atoms with van der Waals surface area (Å²) in [7, 11) is 0. The molecule has 0 aliphatic heterocycles. The van der Waals surface area contributed by atoms with Crippen LogP contribution in [-0.2, 0) is 6.54 Å². The summed E-state index contributed by atoms with van der Waals surface area (Å²) >= 11 is 6.29. The van der Waals surface area contributed by atoms with Crippen molar-refractivity contribution in [3.05, 3.63) is 40.5 Å². The number of carbonyl (C=O) groups excluding carboxylic acids is 1. The van der Waals surface area contributed by atoms with Crippen molar-refractivity contribution < 1.29 is 20.1 Å². The molecule has 1 aromatic carbocycles. The summed E-state index contributed by atoms with van der Waals surface area (Å²) in [6.07, 6.45) is 4.60. The number of carbonyl (C=O) groups is 1. The lowest BCUT2D eigenvalue weighted by molar-refractivity contribution is 0.0246. The van der Waals surface area contributed by atoms with Gasteiger partial charge in [-0.1, -0.05) is 43.4 Å². The third kappa shape index (κ3) is 5.60. The van der Waals surface area contributed by atoms with Gasteiger partial charge in [0.05, 0.1) is 46.8 Å². The molecule has 1 atom stereocenters. The number of nitrogens with zero attached hydrogens (tertiary/aromatic N) is 2. The van der Waals surface area contributed by atoms with E-state index in [2.05, 4.69) is 10.4 Å². The number of rotatable bonds is 7. The second-order valence-electron chi connectivity index (χ2n) is 8.21. The zero-order valence-electron chi connectivity index (χ0n) is 17.3. The van der Waals surface area contributed by atoms with Gasteiger partial charge in [-0.15, -0.1) is 0 Å². The molecule has 7 nitrogen and oxygen atoms in total. The predicted octanol–water partition coefficient (Wildman–Crippen LogP) is 2.68. The number of benzene rings is 1. The van der Waals surface area contributed by atoms with Crippen LogP contribution in [0.2, 0.25) is 5.02 Å². The van der Waals surface area contributed by atoms with E-state index in [0.717, 1.165) is 36.9 Å². The van der Waals surface area contributed by atoms with Gasteiger partial charge in [0.15, 0.2) is 0 Å². The van der Waals surface area contributed by atoms with E-state index in [0.29, 0.717) is 29.1 Å². The molecular formula is C22H30ClN3O4. The second kappa shape index (κ2) is 9.92. The van der Waals surface area contributed by atoms with Gasteiger partial charge in [0.2, 0.25) is 0 Å². The van der Waals surface area contributed by atoms with Gasteiger partial charge in [0, 0.05) is 12.1 Å². The molecular weight excluding hydrogens is 406 g/mol. The molecule has 0 spiro atoms. The van der Waals surface area contributed by atoms with E-state index in [-0.39, 0.29) is 25.6 Å². The SMILES string of the molecule is Cc1cc(-c2ccc(Cl)c(C(=O)NCC3(O)CCCCCC3)c2)n(CC(O)CO)n1. The van der Waals surface area contributed by atoms with Crippen LogP contribution in [0.1, 0.15) is 54.6 Å². The monoisotopic (exact) mass is 435 g/mol. The highest BCUT2D eigenvalue weighted by molar-refractivity contribution is 6.34. The van der Waals surface area contributed by atoms with E-state index in [9.17, 15) is 15.0 Å². The van der Waals surface area contributed by atoms with E-state index in [4.69, 9.17) is 16.7 Å². The Labute approximate surface area is 181 Å². The molecule has 0 saturated heterocycles. The van der Waals surface area contributed by atoms with E-state index < -0.39 is 11.7 Å². The lowest BCUT2D eigenvalue weighted by Gasteiger charge is -2.27. The fraction of sp³-hybridized carbons (Fsp3) is 0.545. The van der Waals surface area contributed by atoms with E-state index >= 15 is 0 Å². The molecule has 1 aromatic heterocycles. The van der Waals surface area contributed by atoms with Gasteiger partial charge in [-0.25, -0.2) is 0 Å². The predicted molar refractivity (Wildman–Crippen MR) is 115 cm³/mol. The summed E-state index contributed by atoms with van der Waals surface area (Å²) in [4.78, 5) is 12.8. The average molecular weight is 436 g/mol. The van der Waals surface area contributed by atoms with Gasteiger partial charge in [0.25, 0.3) is 5.91 Å². The van der Waals surface area contributed by atoms with Crippen molar-refractivity contribution in [2.45, 2.75) is 63.7 Å². The Hall–Kier alpha value is -1.93. The second-order valence-corrected chi connectivity index (χ2v) is 8.61. The first-order valence-electron chi connectivity index (χ1n) is 10.5. The summed E-state index contributed by atoms with van der Waals surface area (Å²) < 4.78 is 1.61. The van der Waals surface area contributed by atoms with Crippen LogP contribution in [0.3, 0.4) is 0 Å². The summed E-state index contributed by atoms with van der Waals surface area (Å²) in [6, 6.07) is 6.98. The molecule has 1 heterocycles. The quantitative estimate of drug-likeness (QED) is 0.500. The highest BCUT2D eigenvalue weighted by Crippen LogP contribution is 2.28. The van der Waals surface area contributed by atoms with Crippen molar-refractivity contribution in [1.29, 1.82) is 0 Å². The highest BCUT2D eigenvalue weighted by atomic mass is 35.5. The minimum atomic E-state index is -0.932. The average Bonchev–Trinajstić information content (AvgIpc) is 2.94. The van der Waals surface area contributed by atoms with Gasteiger partial charge < -0.3 is 20.6 Å².